The van der Waals surface area contributed by atoms with Crippen molar-refractivity contribution in [3.63, 3.8) is 0 Å². The number of aromatic amines is 1. The van der Waals surface area contributed by atoms with E-state index in [0.717, 1.165) is 32.2 Å². The first kappa shape index (κ1) is 21.1. The molecule has 0 spiro atoms. The van der Waals surface area contributed by atoms with Gasteiger partial charge >= 0.3 is 0 Å². The minimum Gasteiger partial charge on any atom is -0.325 e. The number of carbonyl (C=O) groups is 1. The van der Waals surface area contributed by atoms with Crippen molar-refractivity contribution in [2.24, 2.45) is 5.10 Å². The molecule has 4 rings (SSSR count). The first-order valence-corrected chi connectivity index (χ1v) is 11.3. The fourth-order valence-corrected chi connectivity index (χ4v) is 3.77. The highest BCUT2D eigenvalue weighted by atomic mass is 79.9. The molecule has 0 saturated heterocycles. The van der Waals surface area contributed by atoms with Crippen molar-refractivity contribution in [1.82, 2.24) is 15.2 Å². The van der Waals surface area contributed by atoms with Crippen LogP contribution in [0.25, 0.3) is 10.8 Å². The number of carbonyl (C=O) groups excluding carboxylic acids is 1. The fraction of sp³-hybridized carbons (Fsp3) is 0.0909. The van der Waals surface area contributed by atoms with E-state index in [1.807, 2.05) is 73.7 Å². The number of hydrazone groups is 1. The molecule has 0 saturated carbocycles. The summed E-state index contributed by atoms with van der Waals surface area (Å²) in [7, 11) is 0. The van der Waals surface area contributed by atoms with Crippen LogP contribution in [0.15, 0.2) is 81.5 Å². The van der Waals surface area contributed by atoms with E-state index < -0.39 is 0 Å². The standard InChI is InChI=1S/C22H19BrN6OS/c1-14(15-9-11-17(23)12-10-15)26-27-21-25-22(29-28-21)31-13-20(30)24-19-8-4-6-16-5-2-3-7-18(16)19/h2-12H,13H2,1H3,(H,24,30)(H2,25,27,28,29)/b26-14-. The lowest BCUT2D eigenvalue weighted by Gasteiger charge is -2.08. The van der Waals surface area contributed by atoms with Gasteiger partial charge in [-0.05, 0) is 36.1 Å². The molecule has 0 radical (unpaired) electrons. The van der Waals surface area contributed by atoms with Gasteiger partial charge in [0.15, 0.2) is 0 Å². The Morgan fingerprint density at radius 2 is 1.87 bits per heavy atom. The first-order chi connectivity index (χ1) is 15.1. The summed E-state index contributed by atoms with van der Waals surface area (Å²) in [4.78, 5) is 16.7. The van der Waals surface area contributed by atoms with E-state index in [1.165, 1.54) is 11.8 Å². The third-order valence-electron chi connectivity index (χ3n) is 4.45. The topological polar surface area (TPSA) is 95.1 Å². The summed E-state index contributed by atoms with van der Waals surface area (Å²) < 4.78 is 1.01. The molecule has 0 atom stereocenters. The quantitative estimate of drug-likeness (QED) is 0.184. The highest BCUT2D eigenvalue weighted by Gasteiger charge is 2.09. The number of fused-ring (bicyclic) bond motifs is 1. The molecule has 3 aromatic carbocycles. The number of anilines is 2. The van der Waals surface area contributed by atoms with E-state index in [9.17, 15) is 4.79 Å². The van der Waals surface area contributed by atoms with Gasteiger partial charge in [-0.3, -0.25) is 4.79 Å². The van der Waals surface area contributed by atoms with Gasteiger partial charge in [0, 0.05) is 15.5 Å². The Morgan fingerprint density at radius 1 is 1.10 bits per heavy atom. The van der Waals surface area contributed by atoms with Crippen LogP contribution in [-0.2, 0) is 4.79 Å². The number of H-pyrrole nitrogens is 1. The molecular formula is C22H19BrN6OS. The van der Waals surface area contributed by atoms with Gasteiger partial charge in [-0.15, -0.1) is 5.10 Å². The molecule has 0 aliphatic carbocycles. The molecule has 7 nitrogen and oxygen atoms in total. The van der Waals surface area contributed by atoms with Crippen molar-refractivity contribution in [3.05, 3.63) is 76.8 Å². The SMILES string of the molecule is C/C(=N/Nc1nc(SCC(=O)Nc2cccc3ccccc23)n[nH]1)c1ccc(Br)cc1. The number of amides is 1. The van der Waals surface area contributed by atoms with Crippen LogP contribution in [-0.4, -0.2) is 32.6 Å². The van der Waals surface area contributed by atoms with Gasteiger partial charge in [-0.25, -0.2) is 10.5 Å². The average Bonchev–Trinajstić information content (AvgIpc) is 3.25. The van der Waals surface area contributed by atoms with Crippen LogP contribution in [0.4, 0.5) is 11.6 Å². The van der Waals surface area contributed by atoms with Crippen LogP contribution in [0.5, 0.6) is 0 Å². The zero-order valence-electron chi connectivity index (χ0n) is 16.6. The molecule has 1 heterocycles. The summed E-state index contributed by atoms with van der Waals surface area (Å²) in [6.07, 6.45) is 0. The summed E-state index contributed by atoms with van der Waals surface area (Å²) in [5, 5.41) is 16.7. The number of nitrogens with zero attached hydrogens (tertiary/aromatic N) is 3. The van der Waals surface area contributed by atoms with Crippen molar-refractivity contribution >= 4 is 61.7 Å². The number of benzene rings is 3. The number of hydrogen-bond donors (Lipinski definition) is 3. The molecular weight excluding hydrogens is 476 g/mol. The van der Waals surface area contributed by atoms with Gasteiger partial charge in [0.05, 0.1) is 11.5 Å². The third-order valence-corrected chi connectivity index (χ3v) is 5.83. The Kier molecular flexibility index (Phi) is 6.63. The Morgan fingerprint density at radius 3 is 2.71 bits per heavy atom. The maximum absolute atomic E-state index is 12.4. The highest BCUT2D eigenvalue weighted by molar-refractivity contribution is 9.10. The normalized spacial score (nSPS) is 11.5. The monoisotopic (exact) mass is 494 g/mol. The van der Waals surface area contributed by atoms with Crippen molar-refractivity contribution in [2.75, 3.05) is 16.5 Å². The fourth-order valence-electron chi connectivity index (χ4n) is 2.90. The zero-order valence-corrected chi connectivity index (χ0v) is 19.0. The smallest absolute Gasteiger partial charge is 0.240 e. The second kappa shape index (κ2) is 9.76. The molecule has 0 fully saturated rings. The molecule has 156 valence electrons. The number of halogens is 1. The van der Waals surface area contributed by atoms with E-state index in [1.54, 1.807) is 0 Å². The largest absolute Gasteiger partial charge is 0.325 e. The van der Waals surface area contributed by atoms with E-state index in [0.29, 0.717) is 11.1 Å². The van der Waals surface area contributed by atoms with Crippen LogP contribution >= 0.6 is 27.7 Å². The first-order valence-electron chi connectivity index (χ1n) is 9.47. The predicted octanol–water partition coefficient (Wildman–Crippen LogP) is 5.29. The van der Waals surface area contributed by atoms with Crippen LogP contribution in [0.1, 0.15) is 12.5 Å². The summed E-state index contributed by atoms with van der Waals surface area (Å²) in [5.41, 5.74) is 5.46. The number of aromatic nitrogens is 3. The van der Waals surface area contributed by atoms with Crippen molar-refractivity contribution < 1.29 is 4.79 Å². The van der Waals surface area contributed by atoms with E-state index in [-0.39, 0.29) is 11.7 Å². The maximum Gasteiger partial charge on any atom is 0.240 e. The van der Waals surface area contributed by atoms with Gasteiger partial charge in [0.2, 0.25) is 17.0 Å². The second-order valence-electron chi connectivity index (χ2n) is 6.65. The molecule has 0 unspecified atom stereocenters. The summed E-state index contributed by atoms with van der Waals surface area (Å²) in [5.74, 6) is 0.486. The van der Waals surface area contributed by atoms with Crippen LogP contribution in [0.3, 0.4) is 0 Å². The Balaban J connectivity index is 1.32. The predicted molar refractivity (Wildman–Crippen MR) is 130 cm³/mol. The molecule has 3 N–H and O–H groups in total. The molecule has 0 aliphatic heterocycles. The summed E-state index contributed by atoms with van der Waals surface area (Å²) in [6, 6.07) is 21.6. The Hall–Kier alpha value is -3.17. The van der Waals surface area contributed by atoms with E-state index >= 15 is 0 Å². The molecule has 4 aromatic rings. The Labute approximate surface area is 191 Å². The van der Waals surface area contributed by atoms with Gasteiger partial charge in [0.25, 0.3) is 0 Å². The lowest BCUT2D eigenvalue weighted by atomic mass is 10.1. The van der Waals surface area contributed by atoms with Crippen molar-refractivity contribution in [1.29, 1.82) is 0 Å². The summed E-state index contributed by atoms with van der Waals surface area (Å²) in [6.45, 7) is 1.90. The number of hydrogen-bond acceptors (Lipinski definition) is 6. The lowest BCUT2D eigenvalue weighted by molar-refractivity contribution is -0.113. The van der Waals surface area contributed by atoms with Gasteiger partial charge in [-0.2, -0.15) is 10.1 Å². The Bertz CT molecular complexity index is 1230. The molecule has 31 heavy (non-hydrogen) atoms. The maximum atomic E-state index is 12.4. The average molecular weight is 495 g/mol. The lowest BCUT2D eigenvalue weighted by Crippen LogP contribution is -2.14. The van der Waals surface area contributed by atoms with Crippen LogP contribution < -0.4 is 10.7 Å². The zero-order chi connectivity index (χ0) is 21.6. The minimum absolute atomic E-state index is 0.121. The summed E-state index contributed by atoms with van der Waals surface area (Å²) >= 11 is 4.66. The number of rotatable bonds is 7. The van der Waals surface area contributed by atoms with Crippen LogP contribution in [0, 0.1) is 0 Å². The van der Waals surface area contributed by atoms with E-state index in [2.05, 4.69) is 47.0 Å². The second-order valence-corrected chi connectivity index (χ2v) is 8.50. The highest BCUT2D eigenvalue weighted by Crippen LogP contribution is 2.23. The van der Waals surface area contributed by atoms with Crippen molar-refractivity contribution in [2.45, 2.75) is 12.1 Å². The van der Waals surface area contributed by atoms with E-state index in [4.69, 9.17) is 0 Å². The van der Waals surface area contributed by atoms with Crippen molar-refractivity contribution in [3.8, 4) is 0 Å². The molecule has 9 heteroatoms. The van der Waals surface area contributed by atoms with Gasteiger partial charge < -0.3 is 5.32 Å². The molecule has 1 amide bonds. The third kappa shape index (κ3) is 5.50. The number of nitrogens with one attached hydrogen (secondary N) is 3. The molecule has 0 aliphatic rings. The molecule has 1 aromatic heterocycles. The molecule has 0 bridgehead atoms. The minimum atomic E-state index is -0.121. The number of thioether (sulfide) groups is 1. The van der Waals surface area contributed by atoms with Gasteiger partial charge in [0.1, 0.15) is 0 Å². The van der Waals surface area contributed by atoms with Crippen LogP contribution in [0.2, 0.25) is 0 Å². The van der Waals surface area contributed by atoms with Gasteiger partial charge in [-0.1, -0.05) is 76.2 Å².